The van der Waals surface area contributed by atoms with Crippen LogP contribution in [0.25, 0.3) is 0 Å². The lowest BCUT2D eigenvalue weighted by molar-refractivity contribution is -0.123. The van der Waals surface area contributed by atoms with Crippen molar-refractivity contribution in [2.75, 3.05) is 0 Å². The molecule has 0 aromatic rings. The van der Waals surface area contributed by atoms with Crippen molar-refractivity contribution in [2.45, 2.75) is 70.9 Å². The van der Waals surface area contributed by atoms with Crippen molar-refractivity contribution in [3.63, 3.8) is 0 Å². The molecule has 3 nitrogen and oxygen atoms in total. The van der Waals surface area contributed by atoms with E-state index in [-0.39, 0.29) is 18.0 Å². The van der Waals surface area contributed by atoms with E-state index in [2.05, 4.69) is 19.2 Å². The Morgan fingerprint density at radius 3 is 2.56 bits per heavy atom. The maximum absolute atomic E-state index is 11.7. The van der Waals surface area contributed by atoms with Crippen LogP contribution in [0.4, 0.5) is 0 Å². The number of carbonyl (C=O) groups excluding carboxylic acids is 1. The lowest BCUT2D eigenvalue weighted by atomic mass is 9.84. The van der Waals surface area contributed by atoms with Crippen molar-refractivity contribution in [2.24, 2.45) is 11.7 Å². The molecule has 1 fully saturated rings. The first-order valence-electron chi connectivity index (χ1n) is 6.71. The second-order valence-corrected chi connectivity index (χ2v) is 5.09. The fourth-order valence-electron chi connectivity index (χ4n) is 2.53. The van der Waals surface area contributed by atoms with E-state index in [1.807, 2.05) is 0 Å². The molecule has 2 atom stereocenters. The molecule has 94 valence electrons. The van der Waals surface area contributed by atoms with Gasteiger partial charge in [0.25, 0.3) is 0 Å². The van der Waals surface area contributed by atoms with Crippen molar-refractivity contribution >= 4 is 5.91 Å². The molecule has 0 spiro atoms. The molecule has 1 rings (SSSR count). The van der Waals surface area contributed by atoms with Crippen LogP contribution in [0.3, 0.4) is 0 Å². The van der Waals surface area contributed by atoms with Crippen LogP contribution in [-0.4, -0.2) is 18.0 Å². The van der Waals surface area contributed by atoms with Crippen LogP contribution in [0.15, 0.2) is 0 Å². The standard InChI is InChI=1S/C13H26N2O/c1-3-7-12(14)13(16)15-10(2)11-8-5-4-6-9-11/h10-12H,3-9,14H2,1-2H3,(H,15,16)/t10?,12-/m1/s1. The summed E-state index contributed by atoms with van der Waals surface area (Å²) >= 11 is 0. The van der Waals surface area contributed by atoms with Crippen LogP contribution in [0, 0.1) is 5.92 Å². The smallest absolute Gasteiger partial charge is 0.237 e. The van der Waals surface area contributed by atoms with E-state index in [4.69, 9.17) is 5.73 Å². The Hall–Kier alpha value is -0.570. The Kier molecular flexibility index (Phi) is 5.81. The van der Waals surface area contributed by atoms with E-state index in [0.717, 1.165) is 12.8 Å². The van der Waals surface area contributed by atoms with Gasteiger partial charge in [-0.05, 0) is 32.1 Å². The van der Waals surface area contributed by atoms with Crippen molar-refractivity contribution in [3.05, 3.63) is 0 Å². The molecule has 3 heteroatoms. The lowest BCUT2D eigenvalue weighted by Crippen LogP contribution is -2.47. The maximum Gasteiger partial charge on any atom is 0.237 e. The number of nitrogens with one attached hydrogen (secondary N) is 1. The molecule has 1 saturated carbocycles. The van der Waals surface area contributed by atoms with Crippen molar-refractivity contribution in [3.8, 4) is 0 Å². The van der Waals surface area contributed by atoms with Crippen LogP contribution in [0.2, 0.25) is 0 Å². The highest BCUT2D eigenvalue weighted by Gasteiger charge is 2.23. The van der Waals surface area contributed by atoms with E-state index in [1.54, 1.807) is 0 Å². The van der Waals surface area contributed by atoms with Gasteiger partial charge in [-0.15, -0.1) is 0 Å². The zero-order chi connectivity index (χ0) is 12.0. The summed E-state index contributed by atoms with van der Waals surface area (Å²) in [4.78, 5) is 11.7. The molecule has 0 bridgehead atoms. The summed E-state index contributed by atoms with van der Waals surface area (Å²) in [6, 6.07) is -0.0354. The van der Waals surface area contributed by atoms with Crippen LogP contribution < -0.4 is 11.1 Å². The number of hydrogen-bond acceptors (Lipinski definition) is 2. The fourth-order valence-corrected chi connectivity index (χ4v) is 2.53. The summed E-state index contributed by atoms with van der Waals surface area (Å²) in [6.45, 7) is 4.17. The first-order valence-corrected chi connectivity index (χ1v) is 6.71. The third-order valence-corrected chi connectivity index (χ3v) is 3.66. The molecule has 0 saturated heterocycles. The highest BCUT2D eigenvalue weighted by molar-refractivity contribution is 5.81. The van der Waals surface area contributed by atoms with Gasteiger partial charge in [-0.25, -0.2) is 0 Å². The van der Waals surface area contributed by atoms with Gasteiger partial charge >= 0.3 is 0 Å². The molecule has 1 aliphatic carbocycles. The zero-order valence-electron chi connectivity index (χ0n) is 10.7. The van der Waals surface area contributed by atoms with Crippen molar-refractivity contribution in [1.82, 2.24) is 5.32 Å². The van der Waals surface area contributed by atoms with Gasteiger partial charge in [0.1, 0.15) is 0 Å². The number of hydrogen-bond donors (Lipinski definition) is 2. The second kappa shape index (κ2) is 6.89. The average molecular weight is 226 g/mol. The predicted molar refractivity (Wildman–Crippen MR) is 67.1 cm³/mol. The quantitative estimate of drug-likeness (QED) is 0.755. The maximum atomic E-state index is 11.7. The van der Waals surface area contributed by atoms with E-state index >= 15 is 0 Å². The number of nitrogens with two attached hydrogens (primary N) is 1. The average Bonchev–Trinajstić information content (AvgIpc) is 2.30. The van der Waals surface area contributed by atoms with E-state index < -0.39 is 0 Å². The van der Waals surface area contributed by atoms with Crippen LogP contribution in [-0.2, 0) is 4.79 Å². The third kappa shape index (κ3) is 4.12. The SMILES string of the molecule is CCC[C@@H](N)C(=O)NC(C)C1CCCCC1. The van der Waals surface area contributed by atoms with Crippen LogP contribution in [0.5, 0.6) is 0 Å². The predicted octanol–water partition coefficient (Wildman–Crippen LogP) is 2.20. The van der Waals surface area contributed by atoms with E-state index in [0.29, 0.717) is 5.92 Å². The van der Waals surface area contributed by atoms with Gasteiger partial charge in [-0.1, -0.05) is 32.6 Å². The van der Waals surface area contributed by atoms with E-state index in [9.17, 15) is 4.79 Å². The van der Waals surface area contributed by atoms with Gasteiger partial charge in [-0.2, -0.15) is 0 Å². The fraction of sp³-hybridized carbons (Fsp3) is 0.923. The summed E-state index contributed by atoms with van der Waals surface area (Å²) in [5.41, 5.74) is 5.79. The Balaban J connectivity index is 2.31. The van der Waals surface area contributed by atoms with Gasteiger partial charge in [-0.3, -0.25) is 4.79 Å². The number of amides is 1. The Morgan fingerprint density at radius 1 is 1.38 bits per heavy atom. The van der Waals surface area contributed by atoms with E-state index in [1.165, 1.54) is 32.1 Å². The summed E-state index contributed by atoms with van der Waals surface area (Å²) in [5, 5.41) is 3.07. The normalized spacial score (nSPS) is 21.4. The molecule has 0 aromatic carbocycles. The minimum absolute atomic E-state index is 0.0277. The molecule has 0 aliphatic heterocycles. The minimum Gasteiger partial charge on any atom is -0.352 e. The Bertz CT molecular complexity index is 212. The van der Waals surface area contributed by atoms with Gasteiger partial charge in [0.05, 0.1) is 6.04 Å². The molecule has 0 radical (unpaired) electrons. The molecule has 0 heterocycles. The third-order valence-electron chi connectivity index (χ3n) is 3.66. The lowest BCUT2D eigenvalue weighted by Gasteiger charge is -2.29. The molecule has 1 unspecified atom stereocenters. The molecule has 0 aromatic heterocycles. The summed E-state index contributed by atoms with van der Waals surface area (Å²) in [7, 11) is 0. The molecule has 3 N–H and O–H groups in total. The molecular formula is C13H26N2O. The number of rotatable bonds is 5. The summed E-state index contributed by atoms with van der Waals surface area (Å²) in [5.74, 6) is 0.687. The number of carbonyl (C=O) groups is 1. The Labute approximate surface area is 99.2 Å². The first-order chi connectivity index (χ1) is 7.65. The minimum atomic E-state index is -0.323. The monoisotopic (exact) mass is 226 g/mol. The molecule has 1 amide bonds. The van der Waals surface area contributed by atoms with Gasteiger partial charge in [0.15, 0.2) is 0 Å². The van der Waals surface area contributed by atoms with Crippen LogP contribution >= 0.6 is 0 Å². The molecular weight excluding hydrogens is 200 g/mol. The topological polar surface area (TPSA) is 55.1 Å². The first kappa shape index (κ1) is 13.5. The zero-order valence-corrected chi connectivity index (χ0v) is 10.7. The Morgan fingerprint density at radius 2 is 2.00 bits per heavy atom. The van der Waals surface area contributed by atoms with Gasteiger partial charge < -0.3 is 11.1 Å². The highest BCUT2D eigenvalue weighted by Crippen LogP contribution is 2.26. The summed E-state index contributed by atoms with van der Waals surface area (Å²) in [6.07, 6.45) is 8.23. The molecule has 1 aliphatic rings. The highest BCUT2D eigenvalue weighted by atomic mass is 16.2. The summed E-state index contributed by atoms with van der Waals surface area (Å²) < 4.78 is 0. The van der Waals surface area contributed by atoms with Gasteiger partial charge in [0, 0.05) is 6.04 Å². The van der Waals surface area contributed by atoms with Crippen molar-refractivity contribution < 1.29 is 4.79 Å². The second-order valence-electron chi connectivity index (χ2n) is 5.09. The van der Waals surface area contributed by atoms with Gasteiger partial charge in [0.2, 0.25) is 5.91 Å². The largest absolute Gasteiger partial charge is 0.352 e. The molecule has 16 heavy (non-hydrogen) atoms. The van der Waals surface area contributed by atoms with Crippen LogP contribution in [0.1, 0.15) is 58.8 Å². The van der Waals surface area contributed by atoms with Crippen molar-refractivity contribution in [1.29, 1.82) is 0 Å².